The highest BCUT2D eigenvalue weighted by molar-refractivity contribution is 5.92. The maximum atomic E-state index is 12.7. The van der Waals surface area contributed by atoms with Crippen LogP contribution in [0.1, 0.15) is 66.2 Å². The van der Waals surface area contributed by atoms with Crippen molar-refractivity contribution in [3.05, 3.63) is 11.6 Å². The number of ether oxygens (including phenoxy) is 2. The maximum absolute atomic E-state index is 12.7. The van der Waals surface area contributed by atoms with Gasteiger partial charge >= 0.3 is 5.97 Å². The van der Waals surface area contributed by atoms with Crippen molar-refractivity contribution in [1.29, 1.82) is 0 Å². The van der Waals surface area contributed by atoms with Gasteiger partial charge in [-0.2, -0.15) is 0 Å². The third-order valence-electron chi connectivity index (χ3n) is 8.41. The molecule has 27 heavy (non-hydrogen) atoms. The van der Waals surface area contributed by atoms with Crippen molar-refractivity contribution in [1.82, 2.24) is 0 Å². The molecule has 2 saturated carbocycles. The van der Waals surface area contributed by atoms with Crippen LogP contribution in [0, 0.1) is 22.7 Å². The summed E-state index contributed by atoms with van der Waals surface area (Å²) in [5.41, 5.74) is -0.286. The summed E-state index contributed by atoms with van der Waals surface area (Å²) < 4.78 is 12.1. The smallest absolute Gasteiger partial charge is 0.303 e. The maximum Gasteiger partial charge on any atom is 0.303 e. The van der Waals surface area contributed by atoms with Gasteiger partial charge in [-0.25, -0.2) is 0 Å². The zero-order chi connectivity index (χ0) is 19.6. The molecule has 0 aromatic carbocycles. The van der Waals surface area contributed by atoms with E-state index in [1.807, 2.05) is 0 Å². The Balaban J connectivity index is 1.70. The summed E-state index contributed by atoms with van der Waals surface area (Å²) in [7, 11) is 0. The van der Waals surface area contributed by atoms with Gasteiger partial charge in [-0.3, -0.25) is 14.4 Å². The highest BCUT2D eigenvalue weighted by atomic mass is 16.6. The zero-order valence-corrected chi connectivity index (χ0v) is 16.8. The van der Waals surface area contributed by atoms with Crippen molar-refractivity contribution in [3.8, 4) is 0 Å². The number of carbonyl (C=O) groups is 3. The standard InChI is InChI=1S/C22H30O5/c1-13(23)22(27-14(2)24)10-7-18-19-17(6-9-21(18,22)4)20(3)8-5-16(25)11-15(20)12-26-19/h11,17-19H,5-10,12H2,1-4H3/t17-,18-,19+,20-,21-,22+/m0/s1. The lowest BCUT2D eigenvalue weighted by Gasteiger charge is -2.58. The van der Waals surface area contributed by atoms with E-state index in [9.17, 15) is 14.4 Å². The molecule has 0 unspecified atom stereocenters. The van der Waals surface area contributed by atoms with Crippen molar-refractivity contribution in [2.75, 3.05) is 6.61 Å². The monoisotopic (exact) mass is 374 g/mol. The Morgan fingerprint density at radius 3 is 2.48 bits per heavy atom. The van der Waals surface area contributed by atoms with Crippen molar-refractivity contribution < 1.29 is 23.9 Å². The molecule has 0 bridgehead atoms. The summed E-state index contributed by atoms with van der Waals surface area (Å²) in [6.07, 6.45) is 6.52. The SMILES string of the molecule is CC(=O)O[C@@]1(C(C)=O)CC[C@H]2[C@@H]3OCC4=CC(=O)CC[C@]4(C)[C@H]3CC[C@@]21C. The van der Waals surface area contributed by atoms with Gasteiger partial charge in [0, 0.05) is 18.8 Å². The molecule has 1 heterocycles. The summed E-state index contributed by atoms with van der Waals surface area (Å²) in [6, 6.07) is 0. The second-order valence-electron chi connectivity index (χ2n) is 9.51. The minimum absolute atomic E-state index is 0.00105. The number of hydrogen-bond acceptors (Lipinski definition) is 5. The molecular weight excluding hydrogens is 344 g/mol. The molecule has 1 saturated heterocycles. The van der Waals surface area contributed by atoms with Gasteiger partial charge in [0.25, 0.3) is 0 Å². The topological polar surface area (TPSA) is 69.7 Å². The number of esters is 1. The number of Topliss-reactive ketones (excluding diaryl/α,β-unsaturated/α-hetero) is 1. The molecule has 4 rings (SSSR count). The fourth-order valence-corrected chi connectivity index (χ4v) is 6.84. The molecule has 5 nitrogen and oxygen atoms in total. The Bertz CT molecular complexity index is 739. The first-order valence-electron chi connectivity index (χ1n) is 10.2. The van der Waals surface area contributed by atoms with E-state index < -0.39 is 11.0 Å². The lowest BCUT2D eigenvalue weighted by molar-refractivity contribution is -0.199. The van der Waals surface area contributed by atoms with Gasteiger partial charge < -0.3 is 9.47 Å². The second-order valence-corrected chi connectivity index (χ2v) is 9.51. The predicted octanol–water partition coefficient (Wildman–Crippen LogP) is 3.40. The van der Waals surface area contributed by atoms with E-state index in [1.54, 1.807) is 13.0 Å². The Morgan fingerprint density at radius 1 is 1.11 bits per heavy atom. The van der Waals surface area contributed by atoms with Crippen LogP contribution in [0.2, 0.25) is 0 Å². The van der Waals surface area contributed by atoms with Crippen molar-refractivity contribution in [2.45, 2.75) is 77.9 Å². The summed E-state index contributed by atoms with van der Waals surface area (Å²) >= 11 is 0. The van der Waals surface area contributed by atoms with Crippen molar-refractivity contribution >= 4 is 17.5 Å². The van der Waals surface area contributed by atoms with E-state index in [0.29, 0.717) is 25.4 Å². The summed E-state index contributed by atoms with van der Waals surface area (Å²) in [6.45, 7) is 7.84. The van der Waals surface area contributed by atoms with E-state index in [2.05, 4.69) is 13.8 Å². The Morgan fingerprint density at radius 2 is 1.81 bits per heavy atom. The van der Waals surface area contributed by atoms with E-state index in [0.717, 1.165) is 31.3 Å². The van der Waals surface area contributed by atoms with Gasteiger partial charge in [0.1, 0.15) is 0 Å². The molecule has 148 valence electrons. The number of ketones is 2. The van der Waals surface area contributed by atoms with Crippen LogP contribution in [0.5, 0.6) is 0 Å². The van der Waals surface area contributed by atoms with Crippen LogP contribution in [0.25, 0.3) is 0 Å². The van der Waals surface area contributed by atoms with Crippen LogP contribution in [0.3, 0.4) is 0 Å². The summed E-state index contributed by atoms with van der Waals surface area (Å²) in [5, 5.41) is 0. The molecule has 0 radical (unpaired) electrons. The average Bonchev–Trinajstić information content (AvgIpc) is 2.89. The molecule has 3 aliphatic carbocycles. The van der Waals surface area contributed by atoms with Crippen LogP contribution in [-0.4, -0.2) is 35.8 Å². The van der Waals surface area contributed by atoms with Gasteiger partial charge in [-0.1, -0.05) is 13.8 Å². The molecule has 0 aromatic heterocycles. The fourth-order valence-electron chi connectivity index (χ4n) is 6.84. The van der Waals surface area contributed by atoms with E-state index in [4.69, 9.17) is 9.47 Å². The largest absolute Gasteiger partial charge is 0.451 e. The number of carbonyl (C=O) groups excluding carboxylic acids is 3. The van der Waals surface area contributed by atoms with E-state index in [1.165, 1.54) is 6.92 Å². The van der Waals surface area contributed by atoms with E-state index in [-0.39, 0.29) is 35.0 Å². The first-order chi connectivity index (χ1) is 12.6. The minimum Gasteiger partial charge on any atom is -0.451 e. The van der Waals surface area contributed by atoms with Crippen molar-refractivity contribution in [3.63, 3.8) is 0 Å². The van der Waals surface area contributed by atoms with Gasteiger partial charge in [-0.15, -0.1) is 0 Å². The molecule has 0 amide bonds. The van der Waals surface area contributed by atoms with E-state index >= 15 is 0 Å². The number of hydrogen-bond donors (Lipinski definition) is 0. The van der Waals surface area contributed by atoms with Crippen LogP contribution in [0.4, 0.5) is 0 Å². The van der Waals surface area contributed by atoms with Gasteiger partial charge in [0.15, 0.2) is 17.2 Å². The molecule has 5 heteroatoms. The highest BCUT2D eigenvalue weighted by Crippen LogP contribution is 2.65. The summed E-state index contributed by atoms with van der Waals surface area (Å²) in [5.74, 6) is 0.310. The van der Waals surface area contributed by atoms with Gasteiger partial charge in [0.05, 0.1) is 12.7 Å². The van der Waals surface area contributed by atoms with Crippen LogP contribution in [0.15, 0.2) is 11.6 Å². The molecule has 0 N–H and O–H groups in total. The number of fused-ring (bicyclic) bond motifs is 5. The zero-order valence-electron chi connectivity index (χ0n) is 16.8. The third kappa shape index (κ3) is 2.43. The molecular formula is C22H30O5. The minimum atomic E-state index is -1.03. The molecule has 1 aliphatic heterocycles. The second kappa shape index (κ2) is 6.00. The Labute approximate surface area is 160 Å². The first-order valence-corrected chi connectivity index (χ1v) is 10.2. The van der Waals surface area contributed by atoms with Crippen LogP contribution < -0.4 is 0 Å². The first kappa shape index (κ1) is 18.9. The van der Waals surface area contributed by atoms with Crippen LogP contribution >= 0.6 is 0 Å². The molecule has 0 spiro atoms. The quantitative estimate of drug-likeness (QED) is 0.693. The lowest BCUT2D eigenvalue weighted by Crippen LogP contribution is -2.61. The fraction of sp³-hybridized carbons (Fsp3) is 0.773. The highest BCUT2D eigenvalue weighted by Gasteiger charge is 2.68. The summed E-state index contributed by atoms with van der Waals surface area (Å²) in [4.78, 5) is 36.4. The van der Waals surface area contributed by atoms with Crippen LogP contribution in [-0.2, 0) is 23.9 Å². The normalized spacial score (nSPS) is 46.0. The van der Waals surface area contributed by atoms with Crippen molar-refractivity contribution in [2.24, 2.45) is 22.7 Å². The number of rotatable bonds is 2. The van der Waals surface area contributed by atoms with Gasteiger partial charge in [0.2, 0.25) is 0 Å². The number of allylic oxidation sites excluding steroid dienone is 1. The molecule has 6 atom stereocenters. The molecule has 4 aliphatic rings. The Hall–Kier alpha value is -1.49. The molecule has 0 aromatic rings. The third-order valence-corrected chi connectivity index (χ3v) is 8.41. The van der Waals surface area contributed by atoms with Gasteiger partial charge in [-0.05, 0) is 67.9 Å². The Kier molecular flexibility index (Phi) is 4.19. The predicted molar refractivity (Wildman–Crippen MR) is 98.9 cm³/mol. The average molecular weight is 374 g/mol. The molecule has 3 fully saturated rings. The lowest BCUT2D eigenvalue weighted by atomic mass is 9.51.